The van der Waals surface area contributed by atoms with Crippen LogP contribution in [0.3, 0.4) is 0 Å². The normalized spacial score (nSPS) is 13.7. The molecule has 0 spiro atoms. The fourth-order valence-electron chi connectivity index (χ4n) is 6.00. The summed E-state index contributed by atoms with van der Waals surface area (Å²) in [5.41, 5.74) is 0. The van der Waals surface area contributed by atoms with Gasteiger partial charge in [-0.05, 0) is 64.2 Å². The van der Waals surface area contributed by atoms with E-state index in [0.717, 1.165) is 89.9 Å². The Bertz CT molecular complexity index is 1140. The molecule has 0 aliphatic rings. The Labute approximate surface area is 342 Å². The molecule has 0 rings (SSSR count). The van der Waals surface area contributed by atoms with Crippen molar-refractivity contribution in [2.24, 2.45) is 0 Å². The van der Waals surface area contributed by atoms with Gasteiger partial charge < -0.3 is 28.6 Å². The van der Waals surface area contributed by atoms with Gasteiger partial charge in [0.25, 0.3) is 0 Å². The number of ether oxygens (including phenoxy) is 3. The highest BCUT2D eigenvalue weighted by molar-refractivity contribution is 5.70. The Morgan fingerprint density at radius 1 is 0.571 bits per heavy atom. The van der Waals surface area contributed by atoms with E-state index in [2.05, 4.69) is 80.7 Å². The third kappa shape index (κ3) is 36.4. The second-order valence-electron chi connectivity index (χ2n) is 15.6. The minimum atomic E-state index is -1.13. The predicted molar refractivity (Wildman–Crippen MR) is 231 cm³/mol. The number of esters is 2. The summed E-state index contributed by atoms with van der Waals surface area (Å²) < 4.78 is 17.1. The first-order chi connectivity index (χ1) is 27.1. The lowest BCUT2D eigenvalue weighted by Crippen LogP contribution is -2.55. The molecule has 320 valence electrons. The summed E-state index contributed by atoms with van der Waals surface area (Å²) in [4.78, 5) is 36.8. The molecule has 0 fully saturated rings. The minimum absolute atomic E-state index is 0.0258. The van der Waals surface area contributed by atoms with Gasteiger partial charge in [0.1, 0.15) is 12.6 Å². The summed E-state index contributed by atoms with van der Waals surface area (Å²) in [6, 6.07) is -0.734. The van der Waals surface area contributed by atoms with Crippen LogP contribution in [0.2, 0.25) is 0 Å². The average molecular weight is 784 g/mol. The second kappa shape index (κ2) is 38.6. The molecule has 0 amide bonds. The van der Waals surface area contributed by atoms with Crippen molar-refractivity contribution in [2.75, 3.05) is 41.0 Å². The number of carboxylic acids is 1. The van der Waals surface area contributed by atoms with E-state index in [-0.39, 0.29) is 42.7 Å². The zero-order chi connectivity index (χ0) is 41.4. The number of aliphatic carboxylic acids is 1. The lowest BCUT2D eigenvalue weighted by molar-refractivity contribution is -0.889. The number of allylic oxidation sites excluding steroid dienone is 12. The standard InChI is InChI=1S/C48H81NO7/c1-6-8-10-12-14-16-18-20-22-23-24-25-27-28-30-32-34-36-38-46(50)55-43-44(42-54-41-40-45(48(52)53)49(3,4)5)56-47(51)39-37-35-33-31-29-26-21-19-17-15-13-11-9-7-2/h9,11,14-18,20,22-25,44-45H,6-8,10,12-13,19,21,26-43H2,1-5H3/b11-9+,16-14+,17-15+,20-18+,23-22+,25-24+. The summed E-state index contributed by atoms with van der Waals surface area (Å²) in [6.45, 7) is 4.47. The molecule has 0 radical (unpaired) electrons. The first kappa shape index (κ1) is 52.8. The van der Waals surface area contributed by atoms with E-state index in [1.165, 1.54) is 38.5 Å². The zero-order valence-electron chi connectivity index (χ0n) is 36.3. The quantitative estimate of drug-likeness (QED) is 0.0202. The summed E-state index contributed by atoms with van der Waals surface area (Å²) in [5, 5.41) is 11.6. The Kier molecular flexibility index (Phi) is 36.4. The predicted octanol–water partition coefficient (Wildman–Crippen LogP) is 10.6. The van der Waals surface area contributed by atoms with E-state index in [1.807, 2.05) is 6.08 Å². The number of carbonyl (C=O) groups is 3. The van der Waals surface area contributed by atoms with Crippen LogP contribution in [-0.4, -0.2) is 75.5 Å². The van der Waals surface area contributed by atoms with Crippen LogP contribution in [0.5, 0.6) is 0 Å². The van der Waals surface area contributed by atoms with Crippen LogP contribution in [0.25, 0.3) is 0 Å². The maximum absolute atomic E-state index is 12.7. The number of carboxylic acid groups (broad SMARTS) is 1. The molecule has 0 heterocycles. The highest BCUT2D eigenvalue weighted by atomic mass is 16.6. The van der Waals surface area contributed by atoms with Crippen LogP contribution in [0, 0.1) is 0 Å². The van der Waals surface area contributed by atoms with Crippen molar-refractivity contribution >= 4 is 17.9 Å². The molecule has 0 saturated heterocycles. The fourth-order valence-corrected chi connectivity index (χ4v) is 6.00. The van der Waals surface area contributed by atoms with Crippen LogP contribution in [0.1, 0.15) is 162 Å². The van der Waals surface area contributed by atoms with Crippen LogP contribution in [0.4, 0.5) is 0 Å². The van der Waals surface area contributed by atoms with Crippen LogP contribution in [0.15, 0.2) is 72.9 Å². The zero-order valence-corrected chi connectivity index (χ0v) is 36.3. The Hall–Kier alpha value is -3.23. The van der Waals surface area contributed by atoms with Gasteiger partial charge >= 0.3 is 11.9 Å². The molecule has 2 unspecified atom stereocenters. The maximum atomic E-state index is 12.7. The molecular weight excluding hydrogens is 703 g/mol. The van der Waals surface area contributed by atoms with Gasteiger partial charge in [0.15, 0.2) is 6.10 Å². The molecule has 0 aromatic rings. The molecule has 0 N–H and O–H groups in total. The van der Waals surface area contributed by atoms with Gasteiger partial charge in [-0.25, -0.2) is 0 Å². The molecule has 8 nitrogen and oxygen atoms in total. The number of quaternary nitrogens is 1. The van der Waals surface area contributed by atoms with Crippen molar-refractivity contribution < 1.29 is 38.2 Å². The average Bonchev–Trinajstić information content (AvgIpc) is 3.15. The molecule has 8 heteroatoms. The van der Waals surface area contributed by atoms with Gasteiger partial charge in [-0.1, -0.05) is 151 Å². The highest BCUT2D eigenvalue weighted by Crippen LogP contribution is 2.13. The van der Waals surface area contributed by atoms with Gasteiger partial charge in [0, 0.05) is 19.3 Å². The van der Waals surface area contributed by atoms with E-state index >= 15 is 0 Å². The van der Waals surface area contributed by atoms with Crippen molar-refractivity contribution in [1.82, 2.24) is 0 Å². The van der Waals surface area contributed by atoms with E-state index in [9.17, 15) is 19.5 Å². The Balaban J connectivity index is 4.41. The third-order valence-electron chi connectivity index (χ3n) is 9.42. The lowest BCUT2D eigenvalue weighted by Gasteiger charge is -2.34. The molecule has 0 aromatic heterocycles. The van der Waals surface area contributed by atoms with Crippen LogP contribution >= 0.6 is 0 Å². The van der Waals surface area contributed by atoms with Gasteiger partial charge in [0.2, 0.25) is 0 Å². The van der Waals surface area contributed by atoms with Gasteiger partial charge in [-0.2, -0.15) is 0 Å². The summed E-state index contributed by atoms with van der Waals surface area (Å²) in [5.74, 6) is -1.78. The van der Waals surface area contributed by atoms with Gasteiger partial charge in [-0.3, -0.25) is 9.59 Å². The molecule has 2 atom stereocenters. The Morgan fingerprint density at radius 2 is 1.07 bits per heavy atom. The number of likely N-dealkylation sites (N-methyl/N-ethyl adjacent to an activating group) is 1. The molecule has 0 aliphatic heterocycles. The van der Waals surface area contributed by atoms with Crippen LogP contribution < -0.4 is 5.11 Å². The number of hydrogen-bond donors (Lipinski definition) is 0. The SMILES string of the molecule is CC/C=C/C/C=C/CCCCCCCCCC(=O)OC(COCCC(C(=O)[O-])[N+](C)(C)C)COC(=O)CCCCCCC/C=C/C=C/C=C/C=C/CCCCC. The van der Waals surface area contributed by atoms with Crippen molar-refractivity contribution in [2.45, 2.75) is 174 Å². The fraction of sp³-hybridized carbons (Fsp3) is 0.688. The number of unbranched alkanes of at least 4 members (excludes halogenated alkanes) is 15. The van der Waals surface area contributed by atoms with E-state index in [4.69, 9.17) is 14.2 Å². The number of nitrogens with zero attached hydrogens (tertiary/aromatic N) is 1. The largest absolute Gasteiger partial charge is 0.544 e. The monoisotopic (exact) mass is 784 g/mol. The number of rotatable bonds is 38. The van der Waals surface area contributed by atoms with E-state index in [1.54, 1.807) is 21.1 Å². The van der Waals surface area contributed by atoms with Crippen molar-refractivity contribution in [3.05, 3.63) is 72.9 Å². The van der Waals surface area contributed by atoms with E-state index in [0.29, 0.717) is 12.8 Å². The Morgan fingerprint density at radius 3 is 1.62 bits per heavy atom. The first-order valence-electron chi connectivity index (χ1n) is 22.0. The molecule has 0 aromatic carbocycles. The van der Waals surface area contributed by atoms with Crippen LogP contribution in [-0.2, 0) is 28.6 Å². The maximum Gasteiger partial charge on any atom is 0.306 e. The molecule has 0 saturated carbocycles. The first-order valence-corrected chi connectivity index (χ1v) is 22.0. The summed E-state index contributed by atoms with van der Waals surface area (Å²) >= 11 is 0. The smallest absolute Gasteiger partial charge is 0.306 e. The third-order valence-corrected chi connectivity index (χ3v) is 9.42. The lowest BCUT2D eigenvalue weighted by atomic mass is 10.1. The van der Waals surface area contributed by atoms with Crippen molar-refractivity contribution in [1.29, 1.82) is 0 Å². The number of hydrogen-bond acceptors (Lipinski definition) is 7. The summed E-state index contributed by atoms with van der Waals surface area (Å²) in [6.07, 6.45) is 47.7. The second-order valence-corrected chi connectivity index (χ2v) is 15.6. The van der Waals surface area contributed by atoms with Crippen molar-refractivity contribution in [3.8, 4) is 0 Å². The molecule has 56 heavy (non-hydrogen) atoms. The van der Waals surface area contributed by atoms with Gasteiger partial charge in [-0.15, -0.1) is 0 Å². The highest BCUT2D eigenvalue weighted by Gasteiger charge is 2.25. The van der Waals surface area contributed by atoms with Gasteiger partial charge in [0.05, 0.1) is 40.3 Å². The van der Waals surface area contributed by atoms with E-state index < -0.39 is 18.1 Å². The molecule has 0 bridgehead atoms. The minimum Gasteiger partial charge on any atom is -0.544 e. The summed E-state index contributed by atoms with van der Waals surface area (Å²) in [7, 11) is 5.39. The van der Waals surface area contributed by atoms with Crippen molar-refractivity contribution in [3.63, 3.8) is 0 Å². The topological polar surface area (TPSA) is 102 Å². The number of carbonyl (C=O) groups excluding carboxylic acids is 3. The molecular formula is C48H81NO7. The molecule has 0 aliphatic carbocycles.